The number of carbonyl (C=O) groups is 4. The van der Waals surface area contributed by atoms with Crippen LogP contribution in [0.1, 0.15) is 52.8 Å². The average molecular weight is 494 g/mol. The standard InChI is InChI=1S/C25H22N2O9/c1-14-9-20(22(28)13-36-25(31)19-7-5-6-8-21(19)27(32)33)15(2)26(14)18-11-16(23(29)34-3)10-17(12-18)24(30)35-4/h5-12H,13H2,1-4H3. The number of nitro benzene ring substituents is 1. The van der Waals surface area contributed by atoms with Crippen LogP contribution in [-0.2, 0) is 14.2 Å². The van der Waals surface area contributed by atoms with Crippen LogP contribution in [0.25, 0.3) is 5.69 Å². The van der Waals surface area contributed by atoms with Crippen LogP contribution in [0.3, 0.4) is 0 Å². The lowest BCUT2D eigenvalue weighted by Crippen LogP contribution is -2.16. The summed E-state index contributed by atoms with van der Waals surface area (Å²) in [5.74, 6) is -2.87. The molecule has 0 unspecified atom stereocenters. The first-order valence-electron chi connectivity index (χ1n) is 10.5. The van der Waals surface area contributed by atoms with E-state index in [1.807, 2.05) is 0 Å². The Hall–Kier alpha value is -4.80. The van der Waals surface area contributed by atoms with E-state index in [1.165, 1.54) is 50.6 Å². The SMILES string of the molecule is COC(=O)c1cc(C(=O)OC)cc(-n2c(C)cc(C(=O)COC(=O)c3ccccc3[N+](=O)[O-])c2C)c1. The normalized spacial score (nSPS) is 10.4. The van der Waals surface area contributed by atoms with E-state index in [9.17, 15) is 29.3 Å². The van der Waals surface area contributed by atoms with Gasteiger partial charge in [0.15, 0.2) is 6.61 Å². The lowest BCUT2D eigenvalue weighted by Gasteiger charge is -2.13. The highest BCUT2D eigenvalue weighted by Gasteiger charge is 2.24. The zero-order valence-corrected chi connectivity index (χ0v) is 19.9. The molecule has 186 valence electrons. The molecule has 11 heteroatoms. The number of aromatic nitrogens is 1. The number of methoxy groups -OCH3 is 2. The number of hydrogen-bond acceptors (Lipinski definition) is 9. The second-order valence-corrected chi connectivity index (χ2v) is 7.65. The van der Waals surface area contributed by atoms with Crippen molar-refractivity contribution in [3.8, 4) is 5.69 Å². The van der Waals surface area contributed by atoms with E-state index < -0.39 is 40.9 Å². The molecule has 0 aliphatic heterocycles. The first-order valence-corrected chi connectivity index (χ1v) is 10.5. The number of nitro groups is 1. The Kier molecular flexibility index (Phi) is 7.63. The van der Waals surface area contributed by atoms with Gasteiger partial charge in [0.1, 0.15) is 5.56 Å². The van der Waals surface area contributed by atoms with E-state index in [-0.39, 0.29) is 22.3 Å². The number of aryl methyl sites for hydroxylation is 1. The molecule has 0 fully saturated rings. The van der Waals surface area contributed by atoms with Crippen molar-refractivity contribution in [2.75, 3.05) is 20.8 Å². The number of esters is 3. The number of rotatable bonds is 8. The molecule has 3 rings (SSSR count). The Morgan fingerprint density at radius 1 is 0.861 bits per heavy atom. The number of carbonyl (C=O) groups excluding carboxylic acids is 4. The minimum atomic E-state index is -1.00. The average Bonchev–Trinajstić information content (AvgIpc) is 3.19. The van der Waals surface area contributed by atoms with E-state index in [0.717, 1.165) is 6.07 Å². The fourth-order valence-corrected chi connectivity index (χ4v) is 3.75. The van der Waals surface area contributed by atoms with Gasteiger partial charge in [-0.3, -0.25) is 14.9 Å². The lowest BCUT2D eigenvalue weighted by atomic mass is 10.1. The topological polar surface area (TPSA) is 144 Å². The van der Waals surface area contributed by atoms with Crippen LogP contribution in [-0.4, -0.2) is 54.0 Å². The molecule has 0 amide bonds. The van der Waals surface area contributed by atoms with Gasteiger partial charge in [-0.05, 0) is 44.2 Å². The number of ether oxygens (including phenoxy) is 3. The Labute approximate surface area is 205 Å². The molecule has 11 nitrogen and oxygen atoms in total. The minimum Gasteiger partial charge on any atom is -0.465 e. The highest BCUT2D eigenvalue weighted by atomic mass is 16.6. The molecule has 0 aliphatic carbocycles. The molecule has 0 atom stereocenters. The van der Waals surface area contributed by atoms with Gasteiger partial charge >= 0.3 is 17.9 Å². The van der Waals surface area contributed by atoms with Gasteiger partial charge in [-0.15, -0.1) is 0 Å². The second kappa shape index (κ2) is 10.6. The molecular formula is C25H22N2O9. The van der Waals surface area contributed by atoms with E-state index >= 15 is 0 Å². The van der Waals surface area contributed by atoms with Crippen molar-refractivity contribution in [1.29, 1.82) is 0 Å². The van der Waals surface area contributed by atoms with Crippen LogP contribution >= 0.6 is 0 Å². The number of ketones is 1. The number of nitrogens with zero attached hydrogens (tertiary/aromatic N) is 2. The third-order valence-electron chi connectivity index (χ3n) is 5.40. The van der Waals surface area contributed by atoms with Gasteiger partial charge in [0.25, 0.3) is 5.69 Å². The number of para-hydroxylation sites is 1. The molecule has 0 aliphatic rings. The molecule has 0 spiro atoms. The third-order valence-corrected chi connectivity index (χ3v) is 5.40. The summed E-state index contributed by atoms with van der Waals surface area (Å²) in [6.45, 7) is 2.71. The van der Waals surface area contributed by atoms with E-state index in [4.69, 9.17) is 14.2 Å². The number of benzene rings is 2. The van der Waals surface area contributed by atoms with E-state index in [1.54, 1.807) is 24.5 Å². The van der Waals surface area contributed by atoms with Crippen molar-refractivity contribution in [3.63, 3.8) is 0 Å². The minimum absolute atomic E-state index is 0.106. The van der Waals surface area contributed by atoms with E-state index in [2.05, 4.69) is 0 Å². The summed E-state index contributed by atoms with van der Waals surface area (Å²) < 4.78 is 16.2. The summed E-state index contributed by atoms with van der Waals surface area (Å²) in [6.07, 6.45) is 0. The predicted molar refractivity (Wildman–Crippen MR) is 126 cm³/mol. The maximum absolute atomic E-state index is 12.9. The summed E-state index contributed by atoms with van der Waals surface area (Å²) in [6, 6.07) is 11.2. The van der Waals surface area contributed by atoms with Gasteiger partial charge < -0.3 is 18.8 Å². The zero-order valence-electron chi connectivity index (χ0n) is 19.9. The summed E-state index contributed by atoms with van der Waals surface area (Å²) >= 11 is 0. The van der Waals surface area contributed by atoms with Crippen LogP contribution in [0.15, 0.2) is 48.5 Å². The Morgan fingerprint density at radius 2 is 1.44 bits per heavy atom. The molecule has 0 N–H and O–H groups in total. The van der Waals surface area contributed by atoms with E-state index in [0.29, 0.717) is 17.1 Å². The first-order chi connectivity index (χ1) is 17.1. The summed E-state index contributed by atoms with van der Waals surface area (Å²) in [4.78, 5) is 60.0. The van der Waals surface area contributed by atoms with Crippen molar-refractivity contribution in [3.05, 3.63) is 92.3 Å². The van der Waals surface area contributed by atoms with Crippen molar-refractivity contribution < 1.29 is 38.3 Å². The first kappa shape index (κ1) is 25.8. The van der Waals surface area contributed by atoms with Crippen LogP contribution in [0.5, 0.6) is 0 Å². The van der Waals surface area contributed by atoms with Gasteiger partial charge in [-0.25, -0.2) is 14.4 Å². The molecule has 1 heterocycles. The predicted octanol–water partition coefficient (Wildman–Crippen LogP) is 3.62. The molecule has 36 heavy (non-hydrogen) atoms. The smallest absolute Gasteiger partial charge is 0.345 e. The summed E-state index contributed by atoms with van der Waals surface area (Å²) in [5, 5.41) is 11.1. The zero-order chi connectivity index (χ0) is 26.6. The molecule has 1 aromatic heterocycles. The largest absolute Gasteiger partial charge is 0.465 e. The molecular weight excluding hydrogens is 472 g/mol. The van der Waals surface area contributed by atoms with Gasteiger partial charge in [0.05, 0.1) is 30.3 Å². The Morgan fingerprint density at radius 3 is 2.00 bits per heavy atom. The maximum atomic E-state index is 12.9. The highest BCUT2D eigenvalue weighted by molar-refractivity contribution is 6.01. The molecule has 0 saturated heterocycles. The molecule has 0 bridgehead atoms. The number of hydrogen-bond donors (Lipinski definition) is 0. The third kappa shape index (κ3) is 5.14. The van der Waals surface area contributed by atoms with Crippen molar-refractivity contribution >= 4 is 29.4 Å². The van der Waals surface area contributed by atoms with Crippen LogP contribution in [0, 0.1) is 24.0 Å². The monoisotopic (exact) mass is 494 g/mol. The van der Waals surface area contributed by atoms with Crippen LogP contribution < -0.4 is 0 Å². The molecule has 3 aromatic rings. The fourth-order valence-electron chi connectivity index (χ4n) is 3.75. The Balaban J connectivity index is 1.92. The molecule has 0 saturated carbocycles. The van der Waals surface area contributed by atoms with Crippen LogP contribution in [0.4, 0.5) is 5.69 Å². The highest BCUT2D eigenvalue weighted by Crippen LogP contribution is 2.25. The van der Waals surface area contributed by atoms with Gasteiger partial charge in [0.2, 0.25) is 5.78 Å². The van der Waals surface area contributed by atoms with Crippen LogP contribution in [0.2, 0.25) is 0 Å². The van der Waals surface area contributed by atoms with Crippen molar-refractivity contribution in [2.45, 2.75) is 13.8 Å². The molecule has 2 aromatic carbocycles. The van der Waals surface area contributed by atoms with Gasteiger partial charge in [-0.1, -0.05) is 12.1 Å². The quantitative estimate of drug-likeness (QED) is 0.151. The van der Waals surface area contributed by atoms with Crippen molar-refractivity contribution in [1.82, 2.24) is 4.57 Å². The van der Waals surface area contributed by atoms with Gasteiger partial charge in [-0.2, -0.15) is 0 Å². The lowest BCUT2D eigenvalue weighted by molar-refractivity contribution is -0.385. The number of Topliss-reactive ketones (excluding diaryl/α,β-unsaturated/α-hetero) is 1. The molecule has 0 radical (unpaired) electrons. The fraction of sp³-hybridized carbons (Fsp3) is 0.200. The maximum Gasteiger partial charge on any atom is 0.345 e. The second-order valence-electron chi connectivity index (χ2n) is 7.65. The summed E-state index contributed by atoms with van der Waals surface area (Å²) in [7, 11) is 2.42. The van der Waals surface area contributed by atoms with Gasteiger partial charge in [0, 0.05) is 28.7 Å². The van der Waals surface area contributed by atoms with Crippen molar-refractivity contribution in [2.24, 2.45) is 0 Å². The Bertz CT molecular complexity index is 1350. The summed E-state index contributed by atoms with van der Waals surface area (Å²) in [5.41, 5.74) is 1.20.